The van der Waals surface area contributed by atoms with Gasteiger partial charge in [-0.05, 0) is 0 Å². The molecule has 26 heavy (non-hydrogen) atoms. The van der Waals surface area contributed by atoms with Crippen LogP contribution in [0.4, 0.5) is 0 Å². The van der Waals surface area contributed by atoms with E-state index < -0.39 is 74.2 Å². The van der Waals surface area contributed by atoms with Crippen LogP contribution in [-0.2, 0) is 19.1 Å². The lowest BCUT2D eigenvalue weighted by molar-refractivity contribution is -0.324. The summed E-state index contributed by atoms with van der Waals surface area (Å²) in [5, 5.41) is 69.9. The molecule has 0 unspecified atom stereocenters. The minimum atomic E-state index is -1.86. The van der Waals surface area contributed by atoms with Gasteiger partial charge in [-0.25, -0.2) is 0 Å². The molecule has 1 rings (SSSR count). The predicted octanol–water partition coefficient (Wildman–Crippen LogP) is -5.41. The number of aldehydes is 1. The zero-order valence-electron chi connectivity index (χ0n) is 14.0. The number of nitrogens with one attached hydrogen (secondary N) is 1. The van der Waals surface area contributed by atoms with E-state index in [4.69, 9.17) is 19.7 Å². The van der Waals surface area contributed by atoms with E-state index in [0.717, 1.165) is 6.92 Å². The molecular weight excluding hydrogens is 358 g/mol. The minimum Gasteiger partial charge on any atom is -0.394 e. The summed E-state index contributed by atoms with van der Waals surface area (Å²) < 4.78 is 10.3. The fourth-order valence-corrected chi connectivity index (χ4v) is 2.48. The van der Waals surface area contributed by atoms with Crippen LogP contribution in [0.3, 0.4) is 0 Å². The lowest BCUT2D eigenvalue weighted by atomic mass is 9.98. The fourth-order valence-electron chi connectivity index (χ4n) is 2.48. The molecule has 12 heteroatoms. The molecule has 0 aromatic heterocycles. The quantitative estimate of drug-likeness (QED) is 0.176. The van der Waals surface area contributed by atoms with Crippen LogP contribution in [0.2, 0.25) is 0 Å². The molecule has 0 bridgehead atoms. The van der Waals surface area contributed by atoms with Crippen molar-refractivity contribution < 1.29 is 54.8 Å². The minimum absolute atomic E-state index is 0.180. The molecule has 1 amide bonds. The largest absolute Gasteiger partial charge is 0.394 e. The second-order valence-corrected chi connectivity index (χ2v) is 5.90. The van der Waals surface area contributed by atoms with E-state index in [-0.39, 0.29) is 6.29 Å². The zero-order valence-corrected chi connectivity index (χ0v) is 14.0. The standard InChI is InChI=1S/C14H25NO11/c1-5(19)15-6(2-16)9(21)13(7(20)3-17)26-14-12(24)11(23)10(22)8(4-18)25-14/h2,6-14,17-18,20-24H,3-4H2,1H3,(H,15,19)/t6-,7+,8+,9+,10-,11-,12+,13+,14+/m0/s1. The molecule has 0 aliphatic carbocycles. The van der Waals surface area contributed by atoms with E-state index in [1.807, 2.05) is 0 Å². The Morgan fingerprint density at radius 1 is 1.19 bits per heavy atom. The van der Waals surface area contributed by atoms with E-state index in [0.29, 0.717) is 0 Å². The molecule has 0 aromatic carbocycles. The van der Waals surface area contributed by atoms with Crippen LogP contribution in [0.1, 0.15) is 6.92 Å². The Morgan fingerprint density at radius 2 is 1.81 bits per heavy atom. The summed E-state index contributed by atoms with van der Waals surface area (Å²) in [4.78, 5) is 22.2. The van der Waals surface area contributed by atoms with Crippen molar-refractivity contribution in [3.63, 3.8) is 0 Å². The van der Waals surface area contributed by atoms with Gasteiger partial charge in [0.05, 0.1) is 13.2 Å². The van der Waals surface area contributed by atoms with Gasteiger partial charge in [-0.3, -0.25) is 4.79 Å². The van der Waals surface area contributed by atoms with Crippen molar-refractivity contribution in [2.24, 2.45) is 0 Å². The van der Waals surface area contributed by atoms with Crippen LogP contribution in [-0.4, -0.2) is 116 Å². The fraction of sp³-hybridized carbons (Fsp3) is 0.857. The topological polar surface area (TPSA) is 206 Å². The highest BCUT2D eigenvalue weighted by molar-refractivity contribution is 5.77. The van der Waals surface area contributed by atoms with Crippen molar-refractivity contribution in [2.75, 3.05) is 13.2 Å². The second-order valence-electron chi connectivity index (χ2n) is 5.90. The zero-order chi connectivity index (χ0) is 20.0. The van der Waals surface area contributed by atoms with Crippen LogP contribution in [0.5, 0.6) is 0 Å². The number of amides is 1. The van der Waals surface area contributed by atoms with Gasteiger partial charge in [-0.1, -0.05) is 0 Å². The molecule has 1 saturated heterocycles. The number of aliphatic hydroxyl groups excluding tert-OH is 7. The van der Waals surface area contributed by atoms with E-state index in [2.05, 4.69) is 5.32 Å². The van der Waals surface area contributed by atoms with Crippen molar-refractivity contribution in [3.05, 3.63) is 0 Å². The van der Waals surface area contributed by atoms with Gasteiger partial charge >= 0.3 is 0 Å². The Balaban J connectivity index is 2.99. The van der Waals surface area contributed by atoms with Gasteiger partial charge in [0, 0.05) is 6.92 Å². The van der Waals surface area contributed by atoms with Crippen LogP contribution < -0.4 is 5.32 Å². The molecular formula is C14H25NO11. The molecule has 0 radical (unpaired) electrons. The van der Waals surface area contributed by atoms with Crippen LogP contribution in [0, 0.1) is 0 Å². The lowest BCUT2D eigenvalue weighted by Gasteiger charge is -2.42. The maximum atomic E-state index is 11.1. The highest BCUT2D eigenvalue weighted by Gasteiger charge is 2.46. The normalized spacial score (nSPS) is 33.8. The smallest absolute Gasteiger partial charge is 0.217 e. The number of rotatable bonds is 9. The van der Waals surface area contributed by atoms with E-state index in [1.54, 1.807) is 0 Å². The molecule has 0 saturated carbocycles. The van der Waals surface area contributed by atoms with E-state index in [9.17, 15) is 35.1 Å². The van der Waals surface area contributed by atoms with Gasteiger partial charge in [0.25, 0.3) is 0 Å². The van der Waals surface area contributed by atoms with Crippen LogP contribution >= 0.6 is 0 Å². The average molecular weight is 383 g/mol. The first-order valence-corrected chi connectivity index (χ1v) is 7.83. The molecule has 8 N–H and O–H groups in total. The third kappa shape index (κ3) is 5.39. The summed E-state index contributed by atoms with van der Waals surface area (Å²) in [6.45, 7) is -0.562. The highest BCUT2D eigenvalue weighted by atomic mass is 16.7. The molecule has 9 atom stereocenters. The Kier molecular flexibility index (Phi) is 8.95. The molecule has 12 nitrogen and oxygen atoms in total. The molecule has 1 aliphatic heterocycles. The van der Waals surface area contributed by atoms with Crippen LogP contribution in [0.15, 0.2) is 0 Å². The lowest BCUT2D eigenvalue weighted by Crippen LogP contribution is -2.62. The Bertz CT molecular complexity index is 462. The number of carbonyl (C=O) groups is 2. The van der Waals surface area contributed by atoms with Crippen molar-refractivity contribution in [1.82, 2.24) is 5.32 Å². The predicted molar refractivity (Wildman–Crippen MR) is 81.4 cm³/mol. The van der Waals surface area contributed by atoms with Crippen LogP contribution in [0.25, 0.3) is 0 Å². The number of carbonyl (C=O) groups excluding carboxylic acids is 2. The summed E-state index contributed by atoms with van der Waals surface area (Å²) >= 11 is 0. The second kappa shape index (κ2) is 10.2. The van der Waals surface area contributed by atoms with Gasteiger partial charge < -0.3 is 55.3 Å². The van der Waals surface area contributed by atoms with E-state index >= 15 is 0 Å². The maximum Gasteiger partial charge on any atom is 0.217 e. The Morgan fingerprint density at radius 3 is 2.27 bits per heavy atom. The van der Waals surface area contributed by atoms with Gasteiger partial charge in [0.15, 0.2) is 6.29 Å². The molecule has 0 spiro atoms. The summed E-state index contributed by atoms with van der Waals surface area (Å²) in [5.41, 5.74) is 0. The van der Waals surface area contributed by atoms with Crippen molar-refractivity contribution >= 4 is 12.2 Å². The SMILES string of the molecule is CC(=O)N[C@@H](C=O)[C@@H](O)[C@H](O[C@H]1O[C@H](CO)[C@H](O)[C@H](O)[C@H]1O)[C@H](O)CO. The first-order chi connectivity index (χ1) is 12.2. The Labute approximate surface area is 148 Å². The van der Waals surface area contributed by atoms with Gasteiger partial charge in [0.2, 0.25) is 5.91 Å². The first kappa shape index (κ1) is 22.8. The number of ether oxygens (including phenoxy) is 2. The maximum absolute atomic E-state index is 11.1. The molecule has 1 aliphatic rings. The van der Waals surface area contributed by atoms with Gasteiger partial charge in [-0.2, -0.15) is 0 Å². The number of aliphatic hydroxyl groups is 7. The van der Waals surface area contributed by atoms with Crippen molar-refractivity contribution in [1.29, 1.82) is 0 Å². The molecule has 152 valence electrons. The van der Waals surface area contributed by atoms with E-state index in [1.165, 1.54) is 0 Å². The molecule has 1 fully saturated rings. The monoisotopic (exact) mass is 383 g/mol. The summed E-state index contributed by atoms with van der Waals surface area (Å²) in [6, 6.07) is -1.51. The molecule has 1 heterocycles. The third-order valence-corrected chi connectivity index (χ3v) is 3.93. The van der Waals surface area contributed by atoms with Crippen molar-refractivity contribution in [2.45, 2.75) is 62.0 Å². The number of hydrogen-bond acceptors (Lipinski definition) is 11. The Hall–Kier alpha value is -1.22. The summed E-state index contributed by atoms with van der Waals surface area (Å²) in [7, 11) is 0. The average Bonchev–Trinajstić information content (AvgIpc) is 2.62. The first-order valence-electron chi connectivity index (χ1n) is 7.83. The third-order valence-electron chi connectivity index (χ3n) is 3.93. The summed E-state index contributed by atoms with van der Waals surface area (Å²) in [5.74, 6) is -0.661. The molecule has 0 aromatic rings. The summed E-state index contributed by atoms with van der Waals surface area (Å²) in [6.07, 6.45) is -13.4. The van der Waals surface area contributed by atoms with Gasteiger partial charge in [-0.15, -0.1) is 0 Å². The highest BCUT2D eigenvalue weighted by Crippen LogP contribution is 2.24. The van der Waals surface area contributed by atoms with Gasteiger partial charge in [0.1, 0.15) is 55.1 Å². The van der Waals surface area contributed by atoms with Crippen molar-refractivity contribution in [3.8, 4) is 0 Å². The number of hydrogen-bond donors (Lipinski definition) is 8.